The second kappa shape index (κ2) is 8.13. The zero-order valence-corrected chi connectivity index (χ0v) is 14.9. The van der Waals surface area contributed by atoms with Crippen LogP contribution in [-0.4, -0.2) is 34.9 Å². The Kier molecular flexibility index (Phi) is 5.46. The summed E-state index contributed by atoms with van der Waals surface area (Å²) in [4.78, 5) is 28.5. The first kappa shape index (κ1) is 18.1. The van der Waals surface area contributed by atoms with Crippen LogP contribution < -0.4 is 20.3 Å². The van der Waals surface area contributed by atoms with Crippen molar-refractivity contribution in [2.45, 2.75) is 6.54 Å². The van der Waals surface area contributed by atoms with Crippen molar-refractivity contribution in [1.82, 2.24) is 14.8 Å². The fraction of sp³-hybridized carbons (Fsp3) is 0.158. The molecular weight excluding hydrogens is 348 g/mol. The molecule has 0 fully saturated rings. The zero-order valence-electron chi connectivity index (χ0n) is 14.9. The van der Waals surface area contributed by atoms with Crippen LogP contribution in [0.4, 0.5) is 5.69 Å². The van der Waals surface area contributed by atoms with Gasteiger partial charge in [0.25, 0.3) is 5.56 Å². The molecule has 0 aliphatic carbocycles. The lowest BCUT2D eigenvalue weighted by molar-refractivity contribution is -0.117. The largest absolute Gasteiger partial charge is 0.497 e. The molecule has 3 aromatic rings. The smallest absolute Gasteiger partial charge is 0.267 e. The van der Waals surface area contributed by atoms with E-state index >= 15 is 0 Å². The third-order valence-electron chi connectivity index (χ3n) is 3.80. The third kappa shape index (κ3) is 4.30. The molecule has 0 saturated heterocycles. The molecule has 1 aromatic carbocycles. The van der Waals surface area contributed by atoms with E-state index in [1.165, 1.54) is 20.3 Å². The van der Waals surface area contributed by atoms with Gasteiger partial charge in [0.15, 0.2) is 0 Å². The van der Waals surface area contributed by atoms with Crippen molar-refractivity contribution in [1.29, 1.82) is 0 Å². The van der Waals surface area contributed by atoms with Crippen LogP contribution in [0, 0.1) is 0 Å². The van der Waals surface area contributed by atoms with E-state index < -0.39 is 5.91 Å². The average Bonchev–Trinajstić information content (AvgIpc) is 2.70. The first-order valence-corrected chi connectivity index (χ1v) is 8.11. The summed E-state index contributed by atoms with van der Waals surface area (Å²) in [7, 11) is 3.03. The van der Waals surface area contributed by atoms with Crippen molar-refractivity contribution in [3.8, 4) is 22.8 Å². The molecule has 8 heteroatoms. The molecule has 0 aliphatic heterocycles. The minimum atomic E-state index is -0.417. The highest BCUT2D eigenvalue weighted by Crippen LogP contribution is 2.28. The van der Waals surface area contributed by atoms with Crippen LogP contribution in [0.3, 0.4) is 0 Å². The van der Waals surface area contributed by atoms with E-state index in [9.17, 15) is 9.59 Å². The summed E-state index contributed by atoms with van der Waals surface area (Å²) in [5.41, 5.74) is 1.37. The molecule has 0 aliphatic rings. The van der Waals surface area contributed by atoms with E-state index in [2.05, 4.69) is 15.4 Å². The van der Waals surface area contributed by atoms with Gasteiger partial charge in [0.1, 0.15) is 18.0 Å². The maximum absolute atomic E-state index is 12.4. The van der Waals surface area contributed by atoms with Crippen molar-refractivity contribution in [3.05, 3.63) is 65.2 Å². The fourth-order valence-corrected chi connectivity index (χ4v) is 2.47. The number of pyridine rings is 1. The second-order valence-corrected chi connectivity index (χ2v) is 5.57. The van der Waals surface area contributed by atoms with E-state index in [0.29, 0.717) is 22.9 Å². The number of ether oxygens (including phenoxy) is 2. The number of carbonyl (C=O) groups is 1. The molecule has 0 unspecified atom stereocenters. The summed E-state index contributed by atoms with van der Waals surface area (Å²) in [5, 5.41) is 6.96. The fourth-order valence-electron chi connectivity index (χ4n) is 2.47. The number of methoxy groups -OCH3 is 2. The van der Waals surface area contributed by atoms with E-state index in [-0.39, 0.29) is 12.1 Å². The first-order valence-electron chi connectivity index (χ1n) is 8.11. The molecule has 1 amide bonds. The minimum Gasteiger partial charge on any atom is -0.497 e. The van der Waals surface area contributed by atoms with Crippen molar-refractivity contribution < 1.29 is 14.3 Å². The van der Waals surface area contributed by atoms with Crippen LogP contribution in [-0.2, 0) is 11.3 Å². The van der Waals surface area contributed by atoms with E-state index in [0.717, 1.165) is 10.2 Å². The van der Waals surface area contributed by atoms with Gasteiger partial charge in [-0.1, -0.05) is 0 Å². The number of nitrogens with one attached hydrogen (secondary N) is 1. The van der Waals surface area contributed by atoms with E-state index in [1.54, 1.807) is 42.7 Å². The van der Waals surface area contributed by atoms with Crippen molar-refractivity contribution in [3.63, 3.8) is 0 Å². The van der Waals surface area contributed by atoms with Crippen LogP contribution in [0.1, 0.15) is 0 Å². The Morgan fingerprint density at radius 1 is 1.15 bits per heavy atom. The Hall–Kier alpha value is -3.68. The highest BCUT2D eigenvalue weighted by Gasteiger charge is 2.12. The lowest BCUT2D eigenvalue weighted by Gasteiger charge is -2.12. The van der Waals surface area contributed by atoms with Gasteiger partial charge in [0.05, 0.1) is 25.6 Å². The summed E-state index contributed by atoms with van der Waals surface area (Å²) < 4.78 is 11.5. The zero-order chi connectivity index (χ0) is 19.2. The molecule has 0 radical (unpaired) electrons. The Bertz CT molecular complexity index is 1000. The van der Waals surface area contributed by atoms with Crippen molar-refractivity contribution in [2.75, 3.05) is 19.5 Å². The number of anilines is 1. The number of hydrogen-bond donors (Lipinski definition) is 1. The third-order valence-corrected chi connectivity index (χ3v) is 3.80. The Labute approximate surface area is 155 Å². The predicted molar refractivity (Wildman–Crippen MR) is 99.9 cm³/mol. The van der Waals surface area contributed by atoms with Crippen molar-refractivity contribution >= 4 is 11.6 Å². The Morgan fingerprint density at radius 3 is 2.70 bits per heavy atom. The molecule has 0 spiro atoms. The van der Waals surface area contributed by atoms with Crippen LogP contribution in [0.5, 0.6) is 11.5 Å². The lowest BCUT2D eigenvalue weighted by Crippen LogP contribution is -2.29. The minimum absolute atomic E-state index is 0.243. The normalized spacial score (nSPS) is 10.3. The maximum Gasteiger partial charge on any atom is 0.267 e. The van der Waals surface area contributed by atoms with Gasteiger partial charge in [-0.25, -0.2) is 4.68 Å². The van der Waals surface area contributed by atoms with Gasteiger partial charge in [-0.2, -0.15) is 5.10 Å². The quantitative estimate of drug-likeness (QED) is 0.717. The van der Waals surface area contributed by atoms with Crippen molar-refractivity contribution in [2.24, 2.45) is 0 Å². The van der Waals surface area contributed by atoms with Gasteiger partial charge >= 0.3 is 0 Å². The standard InChI is InChI=1S/C19H18N4O4/c1-26-14-5-7-17(27-2)16(10-14)21-18(24)12-23-19(25)8-6-15(22-23)13-4-3-9-20-11-13/h3-11H,12H2,1-2H3,(H,21,24). The molecule has 0 bridgehead atoms. The SMILES string of the molecule is COc1ccc(OC)c(NC(=O)Cn2nc(-c3cccnc3)ccc2=O)c1. The van der Waals surface area contributed by atoms with Crippen LogP contribution in [0.2, 0.25) is 0 Å². The molecule has 0 saturated carbocycles. The first-order chi connectivity index (χ1) is 13.1. The molecular formula is C19H18N4O4. The van der Waals surface area contributed by atoms with Gasteiger partial charge in [-0.05, 0) is 30.3 Å². The summed E-state index contributed by atoms with van der Waals surface area (Å²) >= 11 is 0. The number of nitrogens with zero attached hydrogens (tertiary/aromatic N) is 3. The highest BCUT2D eigenvalue weighted by atomic mass is 16.5. The van der Waals surface area contributed by atoms with Crippen LogP contribution in [0.25, 0.3) is 11.3 Å². The van der Waals surface area contributed by atoms with Gasteiger partial charge in [0, 0.05) is 30.1 Å². The second-order valence-electron chi connectivity index (χ2n) is 5.57. The molecule has 138 valence electrons. The molecule has 0 atom stereocenters. The van der Waals surface area contributed by atoms with Gasteiger partial charge in [-0.15, -0.1) is 0 Å². The van der Waals surface area contributed by atoms with E-state index in [1.807, 2.05) is 6.07 Å². The maximum atomic E-state index is 12.4. The number of aromatic nitrogens is 3. The number of benzene rings is 1. The molecule has 2 aromatic heterocycles. The number of carbonyl (C=O) groups excluding carboxylic acids is 1. The van der Waals surface area contributed by atoms with Gasteiger partial charge in [-0.3, -0.25) is 14.6 Å². The molecule has 1 N–H and O–H groups in total. The van der Waals surface area contributed by atoms with Crippen LogP contribution in [0.15, 0.2) is 59.7 Å². The Morgan fingerprint density at radius 2 is 2.00 bits per heavy atom. The summed E-state index contributed by atoms with van der Waals surface area (Å²) in [6.45, 7) is -0.243. The predicted octanol–water partition coefficient (Wildman–Crippen LogP) is 1.96. The van der Waals surface area contributed by atoms with Gasteiger partial charge < -0.3 is 14.8 Å². The molecule has 3 rings (SSSR count). The lowest BCUT2D eigenvalue weighted by atomic mass is 10.2. The topological polar surface area (TPSA) is 95.3 Å². The van der Waals surface area contributed by atoms with Crippen LogP contribution >= 0.6 is 0 Å². The molecule has 8 nitrogen and oxygen atoms in total. The molecule has 27 heavy (non-hydrogen) atoms. The average molecular weight is 366 g/mol. The Balaban J connectivity index is 1.81. The summed E-state index contributed by atoms with van der Waals surface area (Å²) in [6, 6.07) is 11.6. The monoisotopic (exact) mass is 366 g/mol. The molecule has 2 heterocycles. The number of rotatable bonds is 6. The summed E-state index contributed by atoms with van der Waals surface area (Å²) in [5.74, 6) is 0.632. The number of amides is 1. The van der Waals surface area contributed by atoms with Gasteiger partial charge in [0.2, 0.25) is 5.91 Å². The number of hydrogen-bond acceptors (Lipinski definition) is 6. The van der Waals surface area contributed by atoms with E-state index in [4.69, 9.17) is 9.47 Å². The highest BCUT2D eigenvalue weighted by molar-refractivity contribution is 5.92. The summed E-state index contributed by atoms with van der Waals surface area (Å²) in [6.07, 6.45) is 3.28.